The molecule has 1 heterocycles. The molecule has 0 aliphatic carbocycles. The summed E-state index contributed by atoms with van der Waals surface area (Å²) in [6, 6.07) is 7.57. The fourth-order valence-electron chi connectivity index (χ4n) is 2.41. The topological polar surface area (TPSA) is 46.3 Å². The Morgan fingerprint density at radius 1 is 1.35 bits per heavy atom. The molecule has 1 aromatic carbocycles. The van der Waals surface area contributed by atoms with Gasteiger partial charge in [-0.25, -0.2) is 0 Å². The highest BCUT2D eigenvalue weighted by Crippen LogP contribution is 2.23. The van der Waals surface area contributed by atoms with Crippen LogP contribution in [0.1, 0.15) is 37.0 Å². The number of hydrogen-bond acceptors (Lipinski definition) is 2. The first kappa shape index (κ1) is 12.0. The van der Waals surface area contributed by atoms with Gasteiger partial charge in [0.1, 0.15) is 0 Å². The highest BCUT2D eigenvalue weighted by molar-refractivity contribution is 5.95. The molecule has 0 radical (unpaired) electrons. The molecule has 0 spiro atoms. The number of nitrogen functional groups attached to an aromatic ring is 1. The van der Waals surface area contributed by atoms with Gasteiger partial charge < -0.3 is 10.6 Å². The zero-order valence-corrected chi connectivity index (χ0v) is 10.5. The van der Waals surface area contributed by atoms with E-state index in [1.807, 2.05) is 17.0 Å². The third-order valence-corrected chi connectivity index (χ3v) is 3.51. The molecule has 2 rings (SSSR count). The molecule has 0 aromatic heterocycles. The molecule has 1 aliphatic rings. The van der Waals surface area contributed by atoms with Crippen LogP contribution in [0, 0.1) is 5.92 Å². The highest BCUT2D eigenvalue weighted by atomic mass is 16.2. The summed E-state index contributed by atoms with van der Waals surface area (Å²) in [5.41, 5.74) is 7.06. The SMILES string of the molecule is CC1CCC(C)N(C(=O)c2cccc(N)c2)C1. The van der Waals surface area contributed by atoms with Crippen molar-refractivity contribution in [1.82, 2.24) is 4.90 Å². The summed E-state index contributed by atoms with van der Waals surface area (Å²) in [5, 5.41) is 0. The van der Waals surface area contributed by atoms with Crippen molar-refractivity contribution in [3.63, 3.8) is 0 Å². The van der Waals surface area contributed by atoms with Crippen LogP contribution in [0.2, 0.25) is 0 Å². The Morgan fingerprint density at radius 3 is 2.82 bits per heavy atom. The lowest BCUT2D eigenvalue weighted by molar-refractivity contribution is 0.0574. The maximum atomic E-state index is 12.4. The molecule has 1 saturated heterocycles. The van der Waals surface area contributed by atoms with Crippen molar-refractivity contribution in [3.05, 3.63) is 29.8 Å². The van der Waals surface area contributed by atoms with E-state index in [2.05, 4.69) is 13.8 Å². The molecule has 1 amide bonds. The lowest BCUT2D eigenvalue weighted by Crippen LogP contribution is -2.44. The zero-order valence-electron chi connectivity index (χ0n) is 10.5. The number of amides is 1. The maximum Gasteiger partial charge on any atom is 0.254 e. The summed E-state index contributed by atoms with van der Waals surface area (Å²) < 4.78 is 0. The molecule has 17 heavy (non-hydrogen) atoms. The van der Waals surface area contributed by atoms with Gasteiger partial charge in [-0.15, -0.1) is 0 Å². The molecule has 1 aliphatic heterocycles. The van der Waals surface area contributed by atoms with Crippen molar-refractivity contribution < 1.29 is 4.79 Å². The van der Waals surface area contributed by atoms with Gasteiger partial charge in [0.2, 0.25) is 0 Å². The molecule has 2 N–H and O–H groups in total. The number of hydrogen-bond donors (Lipinski definition) is 1. The average Bonchev–Trinajstić information content (AvgIpc) is 2.31. The number of nitrogens with two attached hydrogens (primary N) is 1. The fourth-order valence-corrected chi connectivity index (χ4v) is 2.41. The Kier molecular flexibility index (Phi) is 3.36. The van der Waals surface area contributed by atoms with Crippen LogP contribution in [0.5, 0.6) is 0 Å². The second kappa shape index (κ2) is 4.78. The van der Waals surface area contributed by atoms with Crippen molar-refractivity contribution in [2.45, 2.75) is 32.7 Å². The Hall–Kier alpha value is -1.51. The summed E-state index contributed by atoms with van der Waals surface area (Å²) in [6.07, 6.45) is 2.30. The Balaban J connectivity index is 2.18. The first-order chi connectivity index (χ1) is 8.08. The van der Waals surface area contributed by atoms with Crippen LogP contribution < -0.4 is 5.73 Å². The smallest absolute Gasteiger partial charge is 0.254 e. The molecule has 1 fully saturated rings. The molecule has 2 atom stereocenters. The predicted octanol–water partition coefficient (Wildman–Crippen LogP) is 2.53. The van der Waals surface area contributed by atoms with Crippen molar-refractivity contribution in [2.24, 2.45) is 5.92 Å². The molecular weight excluding hydrogens is 212 g/mol. The quantitative estimate of drug-likeness (QED) is 0.756. The van der Waals surface area contributed by atoms with Crippen LogP contribution >= 0.6 is 0 Å². The highest BCUT2D eigenvalue weighted by Gasteiger charge is 2.27. The number of carbonyl (C=O) groups is 1. The van der Waals surface area contributed by atoms with Crippen molar-refractivity contribution in [2.75, 3.05) is 12.3 Å². The Morgan fingerprint density at radius 2 is 2.12 bits per heavy atom. The Bertz CT molecular complexity index is 416. The second-order valence-electron chi connectivity index (χ2n) is 5.11. The molecule has 3 nitrogen and oxygen atoms in total. The van der Waals surface area contributed by atoms with E-state index in [4.69, 9.17) is 5.73 Å². The summed E-state index contributed by atoms with van der Waals surface area (Å²) >= 11 is 0. The van der Waals surface area contributed by atoms with Gasteiger partial charge in [-0.05, 0) is 43.9 Å². The van der Waals surface area contributed by atoms with E-state index in [1.54, 1.807) is 12.1 Å². The van der Waals surface area contributed by atoms with Crippen molar-refractivity contribution in [1.29, 1.82) is 0 Å². The van der Waals surface area contributed by atoms with Crippen LogP contribution in [0.3, 0.4) is 0 Å². The molecule has 0 bridgehead atoms. The third kappa shape index (κ3) is 2.60. The number of anilines is 1. The van der Waals surface area contributed by atoms with Gasteiger partial charge in [0.25, 0.3) is 5.91 Å². The lowest BCUT2D eigenvalue weighted by Gasteiger charge is -2.36. The van der Waals surface area contributed by atoms with Gasteiger partial charge >= 0.3 is 0 Å². The van der Waals surface area contributed by atoms with Gasteiger partial charge in [0.05, 0.1) is 0 Å². The van der Waals surface area contributed by atoms with Crippen LogP contribution in [-0.2, 0) is 0 Å². The van der Waals surface area contributed by atoms with Crippen LogP contribution in [-0.4, -0.2) is 23.4 Å². The standard InChI is InChI=1S/C14H20N2O/c1-10-6-7-11(2)16(9-10)14(17)12-4-3-5-13(15)8-12/h3-5,8,10-11H,6-7,9,15H2,1-2H3. The minimum Gasteiger partial charge on any atom is -0.399 e. The third-order valence-electron chi connectivity index (χ3n) is 3.51. The van der Waals surface area contributed by atoms with Gasteiger partial charge in [0.15, 0.2) is 0 Å². The van der Waals surface area contributed by atoms with Crippen LogP contribution in [0.25, 0.3) is 0 Å². The van der Waals surface area contributed by atoms with Crippen molar-refractivity contribution in [3.8, 4) is 0 Å². The number of piperidine rings is 1. The van der Waals surface area contributed by atoms with Crippen molar-refractivity contribution >= 4 is 11.6 Å². The monoisotopic (exact) mass is 232 g/mol. The molecule has 3 heteroatoms. The number of carbonyl (C=O) groups excluding carboxylic acids is 1. The zero-order chi connectivity index (χ0) is 12.4. The fraction of sp³-hybridized carbons (Fsp3) is 0.500. The molecular formula is C14H20N2O. The lowest BCUT2D eigenvalue weighted by atomic mass is 9.94. The summed E-state index contributed by atoms with van der Waals surface area (Å²) in [4.78, 5) is 14.4. The van der Waals surface area contributed by atoms with Crippen LogP contribution in [0.15, 0.2) is 24.3 Å². The van der Waals surface area contributed by atoms with E-state index in [1.165, 1.54) is 6.42 Å². The summed E-state index contributed by atoms with van der Waals surface area (Å²) in [6.45, 7) is 5.18. The van der Waals surface area contributed by atoms with E-state index < -0.39 is 0 Å². The normalized spacial score (nSPS) is 24.7. The van der Waals surface area contributed by atoms with E-state index in [-0.39, 0.29) is 5.91 Å². The maximum absolute atomic E-state index is 12.4. The average molecular weight is 232 g/mol. The van der Waals surface area contributed by atoms with E-state index >= 15 is 0 Å². The molecule has 92 valence electrons. The van der Waals surface area contributed by atoms with Gasteiger partial charge in [-0.1, -0.05) is 13.0 Å². The molecule has 0 saturated carbocycles. The number of nitrogens with zero attached hydrogens (tertiary/aromatic N) is 1. The minimum absolute atomic E-state index is 0.108. The largest absolute Gasteiger partial charge is 0.399 e. The summed E-state index contributed by atoms with van der Waals surface area (Å²) in [5.74, 6) is 0.701. The van der Waals surface area contributed by atoms with Crippen LogP contribution in [0.4, 0.5) is 5.69 Å². The number of rotatable bonds is 1. The number of benzene rings is 1. The van der Waals surface area contributed by atoms with E-state index in [9.17, 15) is 4.79 Å². The second-order valence-corrected chi connectivity index (χ2v) is 5.11. The minimum atomic E-state index is 0.108. The van der Waals surface area contributed by atoms with Gasteiger partial charge in [0, 0.05) is 23.8 Å². The predicted molar refractivity (Wildman–Crippen MR) is 69.8 cm³/mol. The number of likely N-dealkylation sites (tertiary alicyclic amines) is 1. The Labute approximate surface area is 103 Å². The van der Waals surface area contributed by atoms with E-state index in [0.29, 0.717) is 23.2 Å². The van der Waals surface area contributed by atoms with E-state index in [0.717, 1.165) is 13.0 Å². The first-order valence-corrected chi connectivity index (χ1v) is 6.24. The van der Waals surface area contributed by atoms with Gasteiger partial charge in [-0.2, -0.15) is 0 Å². The molecule has 1 aromatic rings. The molecule has 2 unspecified atom stereocenters. The summed E-state index contributed by atoms with van der Waals surface area (Å²) in [7, 11) is 0. The first-order valence-electron chi connectivity index (χ1n) is 6.24. The van der Waals surface area contributed by atoms with Gasteiger partial charge in [-0.3, -0.25) is 4.79 Å².